The lowest BCUT2D eigenvalue weighted by molar-refractivity contribution is -0.115. The minimum Gasteiger partial charge on any atom is -0.325 e. The third-order valence-corrected chi connectivity index (χ3v) is 6.04. The zero-order valence-electron chi connectivity index (χ0n) is 13.8. The van der Waals surface area contributed by atoms with Crippen LogP contribution in [0.3, 0.4) is 0 Å². The van der Waals surface area contributed by atoms with Crippen molar-refractivity contribution in [3.8, 4) is 0 Å². The van der Waals surface area contributed by atoms with E-state index in [1.807, 2.05) is 39.0 Å². The monoisotopic (exact) mass is 361 g/mol. The number of anilines is 1. The van der Waals surface area contributed by atoms with E-state index in [1.54, 1.807) is 11.8 Å². The molecule has 2 aromatic rings. The average Bonchev–Trinajstić information content (AvgIpc) is 3.00. The fourth-order valence-corrected chi connectivity index (χ4v) is 4.29. The molecule has 0 radical (unpaired) electrons. The molecule has 0 bridgehead atoms. The molecule has 2 heterocycles. The zero-order chi connectivity index (χ0) is 17.3. The number of hydrogen-bond acceptors (Lipinski definition) is 5. The highest BCUT2D eigenvalue weighted by atomic mass is 32.2. The second-order valence-corrected chi connectivity index (χ2v) is 8.10. The number of fused-ring (bicyclic) bond motifs is 1. The lowest BCUT2D eigenvalue weighted by Gasteiger charge is -2.14. The fourth-order valence-electron chi connectivity index (χ4n) is 2.44. The molecule has 0 aliphatic carbocycles. The number of aromatic amines is 1. The van der Waals surface area contributed by atoms with Crippen molar-refractivity contribution in [3.05, 3.63) is 50.9 Å². The molecule has 0 saturated carbocycles. The van der Waals surface area contributed by atoms with Crippen LogP contribution in [0.5, 0.6) is 0 Å². The van der Waals surface area contributed by atoms with Crippen molar-refractivity contribution >= 4 is 35.1 Å². The standard InChI is InChI=1S/C17H19N3O2S2/c1-9-5-4-6-13(10(9)2)18-15(21)11(3)24-17-19-14-8-23-7-12(14)16(22)20-17/h4-6,11H,7-8H2,1-3H3,(H,18,21)(H,19,20,22). The molecule has 7 heteroatoms. The van der Waals surface area contributed by atoms with Crippen molar-refractivity contribution in [3.63, 3.8) is 0 Å². The molecule has 0 spiro atoms. The van der Waals surface area contributed by atoms with Gasteiger partial charge in [-0.3, -0.25) is 9.59 Å². The number of hydrogen-bond donors (Lipinski definition) is 2. The number of benzene rings is 1. The number of nitrogens with zero attached hydrogens (tertiary/aromatic N) is 1. The maximum atomic E-state index is 12.4. The highest BCUT2D eigenvalue weighted by molar-refractivity contribution is 8.00. The average molecular weight is 361 g/mol. The van der Waals surface area contributed by atoms with Gasteiger partial charge < -0.3 is 10.3 Å². The Kier molecular flexibility index (Phi) is 5.01. The van der Waals surface area contributed by atoms with Gasteiger partial charge in [-0.1, -0.05) is 23.9 Å². The van der Waals surface area contributed by atoms with E-state index < -0.39 is 0 Å². The SMILES string of the molecule is Cc1cccc(NC(=O)C(C)Sc2nc3c(c(=O)[nH]2)CSC3)c1C. The highest BCUT2D eigenvalue weighted by Crippen LogP contribution is 2.28. The largest absolute Gasteiger partial charge is 0.325 e. The number of amides is 1. The van der Waals surface area contributed by atoms with Crippen LogP contribution in [0.15, 0.2) is 28.2 Å². The van der Waals surface area contributed by atoms with Gasteiger partial charge in [-0.2, -0.15) is 11.8 Å². The zero-order valence-corrected chi connectivity index (χ0v) is 15.4. The summed E-state index contributed by atoms with van der Waals surface area (Å²) in [5, 5.41) is 3.10. The quantitative estimate of drug-likeness (QED) is 0.646. The van der Waals surface area contributed by atoms with Gasteiger partial charge in [0.05, 0.1) is 10.9 Å². The number of carbonyl (C=O) groups is 1. The summed E-state index contributed by atoms with van der Waals surface area (Å²) >= 11 is 2.96. The van der Waals surface area contributed by atoms with Gasteiger partial charge in [0.15, 0.2) is 5.16 Å². The molecule has 1 aliphatic rings. The molecule has 0 fully saturated rings. The van der Waals surface area contributed by atoms with Gasteiger partial charge in [0.25, 0.3) is 5.56 Å². The fraction of sp³-hybridized carbons (Fsp3) is 0.353. The second kappa shape index (κ2) is 7.03. The van der Waals surface area contributed by atoms with Gasteiger partial charge >= 0.3 is 0 Å². The van der Waals surface area contributed by atoms with Crippen LogP contribution in [0, 0.1) is 13.8 Å². The Hall–Kier alpha value is -1.73. The summed E-state index contributed by atoms with van der Waals surface area (Å²) in [5.74, 6) is 1.37. The Morgan fingerprint density at radius 3 is 2.96 bits per heavy atom. The van der Waals surface area contributed by atoms with E-state index in [0.29, 0.717) is 10.9 Å². The topological polar surface area (TPSA) is 74.8 Å². The molecule has 1 aliphatic heterocycles. The van der Waals surface area contributed by atoms with Gasteiger partial charge in [-0.25, -0.2) is 4.98 Å². The van der Waals surface area contributed by atoms with Crippen LogP contribution < -0.4 is 10.9 Å². The van der Waals surface area contributed by atoms with E-state index in [0.717, 1.165) is 33.8 Å². The van der Waals surface area contributed by atoms with E-state index in [-0.39, 0.29) is 16.7 Å². The molecule has 1 aromatic heterocycles. The summed E-state index contributed by atoms with van der Waals surface area (Å²) in [7, 11) is 0. The van der Waals surface area contributed by atoms with Gasteiger partial charge in [0, 0.05) is 22.8 Å². The molecule has 5 nitrogen and oxygen atoms in total. The summed E-state index contributed by atoms with van der Waals surface area (Å²) in [6.45, 7) is 5.81. The van der Waals surface area contributed by atoms with Crippen molar-refractivity contribution in [2.24, 2.45) is 0 Å². The van der Waals surface area contributed by atoms with Crippen molar-refractivity contribution in [1.82, 2.24) is 9.97 Å². The first-order valence-corrected chi connectivity index (χ1v) is 9.72. The number of aromatic nitrogens is 2. The van der Waals surface area contributed by atoms with Crippen molar-refractivity contribution in [1.29, 1.82) is 0 Å². The minimum absolute atomic E-state index is 0.0883. The van der Waals surface area contributed by atoms with E-state index >= 15 is 0 Å². The smallest absolute Gasteiger partial charge is 0.255 e. The third-order valence-electron chi connectivity index (χ3n) is 4.08. The first-order chi connectivity index (χ1) is 11.5. The van der Waals surface area contributed by atoms with Crippen LogP contribution in [-0.2, 0) is 16.3 Å². The number of carbonyl (C=O) groups excluding carboxylic acids is 1. The van der Waals surface area contributed by atoms with E-state index in [4.69, 9.17) is 0 Å². The lowest BCUT2D eigenvalue weighted by Crippen LogP contribution is -2.24. The molecule has 1 aromatic carbocycles. The molecule has 0 saturated heterocycles. The molecular weight excluding hydrogens is 342 g/mol. The Bertz CT molecular complexity index is 848. The maximum absolute atomic E-state index is 12.4. The van der Waals surface area contributed by atoms with Crippen LogP contribution in [0.25, 0.3) is 0 Å². The van der Waals surface area contributed by atoms with E-state index in [9.17, 15) is 9.59 Å². The van der Waals surface area contributed by atoms with Crippen LogP contribution in [-0.4, -0.2) is 21.1 Å². The third kappa shape index (κ3) is 3.52. The van der Waals surface area contributed by atoms with E-state index in [2.05, 4.69) is 15.3 Å². The number of aryl methyl sites for hydroxylation is 1. The van der Waals surface area contributed by atoms with Crippen LogP contribution >= 0.6 is 23.5 Å². The summed E-state index contributed by atoms with van der Waals surface area (Å²) in [5.41, 5.74) is 4.53. The molecule has 3 rings (SSSR count). The molecule has 1 amide bonds. The van der Waals surface area contributed by atoms with Crippen molar-refractivity contribution in [2.45, 2.75) is 42.7 Å². The lowest BCUT2D eigenvalue weighted by atomic mass is 10.1. The van der Waals surface area contributed by atoms with Crippen molar-refractivity contribution in [2.75, 3.05) is 5.32 Å². The van der Waals surface area contributed by atoms with Crippen LogP contribution in [0.2, 0.25) is 0 Å². The summed E-state index contributed by atoms with van der Waals surface area (Å²) in [6, 6.07) is 5.83. The summed E-state index contributed by atoms with van der Waals surface area (Å²) in [4.78, 5) is 31.7. The highest BCUT2D eigenvalue weighted by Gasteiger charge is 2.21. The summed E-state index contributed by atoms with van der Waals surface area (Å²) in [6.07, 6.45) is 0. The number of rotatable bonds is 4. The Labute approximate surface area is 149 Å². The van der Waals surface area contributed by atoms with Gasteiger partial charge in [-0.15, -0.1) is 0 Å². The Morgan fingerprint density at radius 1 is 1.38 bits per heavy atom. The first kappa shape index (κ1) is 17.1. The van der Waals surface area contributed by atoms with Gasteiger partial charge in [-0.05, 0) is 38.0 Å². The molecule has 126 valence electrons. The number of H-pyrrole nitrogens is 1. The van der Waals surface area contributed by atoms with Crippen molar-refractivity contribution < 1.29 is 4.79 Å². The second-order valence-electron chi connectivity index (χ2n) is 5.79. The molecular formula is C17H19N3O2S2. The molecule has 2 N–H and O–H groups in total. The normalized spacial score (nSPS) is 14.3. The first-order valence-electron chi connectivity index (χ1n) is 7.69. The Morgan fingerprint density at radius 2 is 2.17 bits per heavy atom. The predicted octanol–water partition coefficient (Wildman–Crippen LogP) is 3.25. The van der Waals surface area contributed by atoms with Gasteiger partial charge in [0.2, 0.25) is 5.91 Å². The molecule has 24 heavy (non-hydrogen) atoms. The summed E-state index contributed by atoms with van der Waals surface area (Å²) < 4.78 is 0. The molecule has 1 unspecified atom stereocenters. The number of nitrogens with one attached hydrogen (secondary N) is 2. The Balaban J connectivity index is 1.72. The number of thioether (sulfide) groups is 2. The van der Waals surface area contributed by atoms with E-state index in [1.165, 1.54) is 11.8 Å². The molecule has 1 atom stereocenters. The minimum atomic E-state index is -0.361. The van der Waals surface area contributed by atoms with Gasteiger partial charge in [0.1, 0.15) is 0 Å². The predicted molar refractivity (Wildman–Crippen MR) is 99.7 cm³/mol. The maximum Gasteiger partial charge on any atom is 0.255 e. The van der Waals surface area contributed by atoms with Crippen LogP contribution in [0.4, 0.5) is 5.69 Å². The van der Waals surface area contributed by atoms with Crippen LogP contribution in [0.1, 0.15) is 29.3 Å².